The Kier molecular flexibility index (Phi) is 6.50. The van der Waals surface area contributed by atoms with E-state index in [0.717, 1.165) is 55.4 Å². The summed E-state index contributed by atoms with van der Waals surface area (Å²) >= 11 is 0. The molecular formula is C29H28N10O2. The van der Waals surface area contributed by atoms with Gasteiger partial charge in [0.15, 0.2) is 0 Å². The third-order valence-corrected chi connectivity index (χ3v) is 7.64. The molecule has 0 amide bonds. The number of fused-ring (bicyclic) bond motifs is 1. The monoisotopic (exact) mass is 548 g/mol. The van der Waals surface area contributed by atoms with Gasteiger partial charge in [-0.2, -0.15) is 15.5 Å². The van der Waals surface area contributed by atoms with E-state index in [4.69, 9.17) is 19.4 Å². The molecule has 2 aliphatic heterocycles. The van der Waals surface area contributed by atoms with Crippen LogP contribution in [0, 0.1) is 11.3 Å². The van der Waals surface area contributed by atoms with E-state index in [0.29, 0.717) is 35.9 Å². The topological polar surface area (TPSA) is 123 Å². The van der Waals surface area contributed by atoms with Crippen molar-refractivity contribution in [2.45, 2.75) is 12.6 Å². The molecule has 12 heteroatoms. The van der Waals surface area contributed by atoms with E-state index >= 15 is 0 Å². The quantitative estimate of drug-likeness (QED) is 0.300. The van der Waals surface area contributed by atoms with Gasteiger partial charge in [-0.3, -0.25) is 9.58 Å². The molecule has 2 aliphatic rings. The summed E-state index contributed by atoms with van der Waals surface area (Å²) in [6.07, 6.45) is 10.9. The summed E-state index contributed by atoms with van der Waals surface area (Å²) in [5.41, 5.74) is 5.38. The molecule has 12 nitrogen and oxygen atoms in total. The van der Waals surface area contributed by atoms with Crippen molar-refractivity contribution in [3.63, 3.8) is 0 Å². The molecule has 2 fully saturated rings. The van der Waals surface area contributed by atoms with Crippen molar-refractivity contribution in [3.05, 3.63) is 72.6 Å². The Balaban J connectivity index is 1.10. The van der Waals surface area contributed by atoms with E-state index in [-0.39, 0.29) is 6.04 Å². The first-order chi connectivity index (χ1) is 20.2. The Hall–Kier alpha value is -4.86. The van der Waals surface area contributed by atoms with Gasteiger partial charge in [0.2, 0.25) is 5.88 Å². The van der Waals surface area contributed by atoms with E-state index < -0.39 is 0 Å². The number of pyridine rings is 2. The summed E-state index contributed by atoms with van der Waals surface area (Å²) in [7, 11) is 1.63. The maximum Gasteiger partial charge on any atom is 0.212 e. The lowest BCUT2D eigenvalue weighted by Gasteiger charge is -2.35. The molecule has 0 bridgehead atoms. The normalized spacial score (nSPS) is 16.0. The number of nitrogens with zero attached hydrogens (tertiary/aromatic N) is 10. The predicted molar refractivity (Wildman–Crippen MR) is 150 cm³/mol. The van der Waals surface area contributed by atoms with Crippen molar-refractivity contribution in [2.24, 2.45) is 0 Å². The second-order valence-electron chi connectivity index (χ2n) is 10.2. The fraction of sp³-hybridized carbons (Fsp3) is 0.310. The van der Waals surface area contributed by atoms with Gasteiger partial charge >= 0.3 is 0 Å². The molecule has 41 heavy (non-hydrogen) atoms. The number of anilines is 1. The molecule has 2 saturated heterocycles. The number of piperazine rings is 1. The first-order valence-corrected chi connectivity index (χ1v) is 13.5. The van der Waals surface area contributed by atoms with Crippen LogP contribution >= 0.6 is 0 Å². The number of hydrogen-bond acceptors (Lipinski definition) is 10. The summed E-state index contributed by atoms with van der Waals surface area (Å²) in [5, 5.41) is 18.7. The van der Waals surface area contributed by atoms with Gasteiger partial charge in [-0.15, -0.1) is 0 Å². The Bertz CT molecular complexity index is 1710. The molecule has 0 aliphatic carbocycles. The van der Waals surface area contributed by atoms with Crippen LogP contribution in [0.5, 0.6) is 5.88 Å². The minimum atomic E-state index is 0.250. The molecule has 0 saturated carbocycles. The molecule has 0 atom stereocenters. The number of hydrogen-bond donors (Lipinski definition) is 0. The summed E-state index contributed by atoms with van der Waals surface area (Å²) < 4.78 is 14.1. The van der Waals surface area contributed by atoms with E-state index in [1.165, 1.54) is 5.56 Å². The Morgan fingerprint density at radius 2 is 1.83 bits per heavy atom. The first-order valence-electron chi connectivity index (χ1n) is 13.5. The number of nitriles is 1. The number of aromatic nitrogens is 7. The molecule has 7 heterocycles. The number of rotatable bonds is 7. The summed E-state index contributed by atoms with van der Waals surface area (Å²) in [6, 6.07) is 10.5. The standard InChI is InChI=1S/C29H28N10O2/c1-40-27-5-2-20(11-32-27)15-36-6-8-37(9-7-36)26-4-3-21(12-31-26)28-29-22(10-30)13-34-39(29)17-25(35-28)23-14-33-38(16-23)24-18-41-19-24/h2-5,11-14,16-17,24H,6-9,15,18-19H2,1H3. The van der Waals surface area contributed by atoms with E-state index in [9.17, 15) is 5.26 Å². The summed E-state index contributed by atoms with van der Waals surface area (Å²) in [4.78, 5) is 18.8. The SMILES string of the molecule is COc1ccc(CN2CCN(c3ccc(-c4nc(-c5cnn(C6COC6)c5)cn5ncc(C#N)c45)cn3)CC2)cn1. The smallest absolute Gasteiger partial charge is 0.212 e. The van der Waals surface area contributed by atoms with Crippen molar-refractivity contribution < 1.29 is 9.47 Å². The van der Waals surface area contributed by atoms with Gasteiger partial charge in [0.1, 0.15) is 23.0 Å². The van der Waals surface area contributed by atoms with Crippen LogP contribution in [0.1, 0.15) is 17.2 Å². The van der Waals surface area contributed by atoms with Crippen LogP contribution in [0.2, 0.25) is 0 Å². The maximum absolute atomic E-state index is 9.74. The van der Waals surface area contributed by atoms with Gasteiger partial charge in [0, 0.05) is 68.5 Å². The van der Waals surface area contributed by atoms with E-state index in [2.05, 4.69) is 37.1 Å². The van der Waals surface area contributed by atoms with Gasteiger partial charge in [-0.25, -0.2) is 19.5 Å². The van der Waals surface area contributed by atoms with Crippen LogP contribution in [-0.2, 0) is 11.3 Å². The number of ether oxygens (including phenoxy) is 2. The molecule has 5 aromatic rings. The van der Waals surface area contributed by atoms with Gasteiger partial charge in [0.05, 0.1) is 56.3 Å². The molecule has 206 valence electrons. The Morgan fingerprint density at radius 1 is 0.951 bits per heavy atom. The molecule has 5 aromatic heterocycles. The Morgan fingerprint density at radius 3 is 2.51 bits per heavy atom. The van der Waals surface area contributed by atoms with E-state index in [1.54, 1.807) is 24.0 Å². The van der Waals surface area contributed by atoms with Crippen LogP contribution < -0.4 is 9.64 Å². The lowest BCUT2D eigenvalue weighted by molar-refractivity contribution is -0.0286. The van der Waals surface area contributed by atoms with Gasteiger partial charge in [-0.1, -0.05) is 6.07 Å². The first kappa shape index (κ1) is 25.1. The average Bonchev–Trinajstić information content (AvgIpc) is 3.64. The fourth-order valence-corrected chi connectivity index (χ4v) is 5.21. The predicted octanol–water partition coefficient (Wildman–Crippen LogP) is 2.82. The van der Waals surface area contributed by atoms with Gasteiger partial charge in [0.25, 0.3) is 0 Å². The zero-order chi connectivity index (χ0) is 27.8. The van der Waals surface area contributed by atoms with Crippen molar-refractivity contribution in [1.29, 1.82) is 5.26 Å². The molecule has 0 unspecified atom stereocenters. The minimum Gasteiger partial charge on any atom is -0.481 e. The van der Waals surface area contributed by atoms with Crippen LogP contribution in [0.3, 0.4) is 0 Å². The van der Waals surface area contributed by atoms with Gasteiger partial charge < -0.3 is 14.4 Å². The number of methoxy groups -OCH3 is 1. The van der Waals surface area contributed by atoms with E-state index in [1.807, 2.05) is 47.7 Å². The third-order valence-electron chi connectivity index (χ3n) is 7.64. The summed E-state index contributed by atoms with van der Waals surface area (Å²) in [6.45, 7) is 5.81. The van der Waals surface area contributed by atoms with Crippen LogP contribution in [-0.4, -0.2) is 85.7 Å². The third kappa shape index (κ3) is 4.86. The molecule has 0 radical (unpaired) electrons. The van der Waals surface area contributed by atoms with Crippen molar-refractivity contribution in [3.8, 4) is 34.5 Å². The van der Waals surface area contributed by atoms with Crippen LogP contribution in [0.15, 0.2) is 61.4 Å². The largest absolute Gasteiger partial charge is 0.481 e. The molecule has 0 aromatic carbocycles. The highest BCUT2D eigenvalue weighted by atomic mass is 16.5. The lowest BCUT2D eigenvalue weighted by atomic mass is 10.1. The second-order valence-corrected chi connectivity index (χ2v) is 10.2. The fourth-order valence-electron chi connectivity index (χ4n) is 5.21. The van der Waals surface area contributed by atoms with Crippen LogP contribution in [0.25, 0.3) is 28.0 Å². The minimum absolute atomic E-state index is 0.250. The second kappa shape index (κ2) is 10.6. The highest BCUT2D eigenvalue weighted by Crippen LogP contribution is 2.30. The zero-order valence-corrected chi connectivity index (χ0v) is 22.6. The zero-order valence-electron chi connectivity index (χ0n) is 22.6. The highest BCUT2D eigenvalue weighted by Gasteiger charge is 2.23. The molecule has 0 spiro atoms. The van der Waals surface area contributed by atoms with Gasteiger partial charge in [-0.05, 0) is 17.7 Å². The maximum atomic E-state index is 9.74. The Labute approximate surface area is 236 Å². The van der Waals surface area contributed by atoms with Crippen molar-refractivity contribution in [2.75, 3.05) is 51.4 Å². The highest BCUT2D eigenvalue weighted by molar-refractivity contribution is 5.83. The van der Waals surface area contributed by atoms with Crippen LogP contribution in [0.4, 0.5) is 5.82 Å². The molecule has 0 N–H and O–H groups in total. The summed E-state index contributed by atoms with van der Waals surface area (Å²) in [5.74, 6) is 1.55. The van der Waals surface area contributed by atoms with Crippen molar-refractivity contribution >= 4 is 11.3 Å². The average molecular weight is 549 g/mol. The van der Waals surface area contributed by atoms with Crippen molar-refractivity contribution in [1.82, 2.24) is 39.2 Å². The molecule has 7 rings (SSSR count). The lowest BCUT2D eigenvalue weighted by Crippen LogP contribution is -2.46. The molecular weight excluding hydrogens is 520 g/mol.